The molecule has 62 heavy (non-hydrogen) atoms. The van der Waals surface area contributed by atoms with Gasteiger partial charge in [-0.3, -0.25) is 0 Å². The van der Waals surface area contributed by atoms with Gasteiger partial charge in [-0.25, -0.2) is 15.0 Å². The number of rotatable bonds is 5. The largest absolute Gasteiger partial charge is 0.316 e. The molecule has 13 rings (SSSR count). The minimum absolute atomic E-state index is 0.577. The Kier molecular flexibility index (Phi) is 7.49. The zero-order valence-corrected chi connectivity index (χ0v) is 33.6. The molecule has 9 aromatic carbocycles. The Morgan fingerprint density at radius 3 is 1.37 bits per heavy atom. The van der Waals surface area contributed by atoms with Gasteiger partial charge in [0.25, 0.3) is 0 Å². The third kappa shape index (κ3) is 5.04. The van der Waals surface area contributed by atoms with Crippen molar-refractivity contribution in [1.82, 2.24) is 19.5 Å². The molecule has 0 amide bonds. The third-order valence-electron chi connectivity index (χ3n) is 13.1. The van der Waals surface area contributed by atoms with E-state index in [4.69, 9.17) is 15.0 Å². The summed E-state index contributed by atoms with van der Waals surface area (Å²) in [7, 11) is 0. The van der Waals surface area contributed by atoms with Crippen LogP contribution in [0, 0.1) is 0 Å². The summed E-state index contributed by atoms with van der Waals surface area (Å²) >= 11 is 0. The van der Waals surface area contributed by atoms with E-state index in [0.717, 1.165) is 22.4 Å². The second kappa shape index (κ2) is 13.4. The topological polar surface area (TPSA) is 43.6 Å². The van der Waals surface area contributed by atoms with Crippen molar-refractivity contribution in [3.63, 3.8) is 0 Å². The van der Waals surface area contributed by atoms with E-state index in [-0.39, 0.29) is 0 Å². The predicted molar refractivity (Wildman–Crippen MR) is 252 cm³/mol. The van der Waals surface area contributed by atoms with E-state index in [1.54, 1.807) is 0 Å². The normalized spacial score (nSPS) is 13.0. The van der Waals surface area contributed by atoms with E-state index < -0.39 is 5.41 Å². The summed E-state index contributed by atoms with van der Waals surface area (Å²) in [6.07, 6.45) is 2.33. The Morgan fingerprint density at radius 1 is 0.323 bits per heavy atom. The van der Waals surface area contributed by atoms with Gasteiger partial charge < -0.3 is 4.57 Å². The number of hydrogen-bond donors (Lipinski definition) is 0. The van der Waals surface area contributed by atoms with Crippen molar-refractivity contribution in [3.8, 4) is 73.2 Å². The summed E-state index contributed by atoms with van der Waals surface area (Å²) < 4.78 is 2.35. The maximum Gasteiger partial charge on any atom is 0.164 e. The number of fused-ring (bicyclic) bond motifs is 12. The second-order valence-corrected chi connectivity index (χ2v) is 16.4. The predicted octanol–water partition coefficient (Wildman–Crippen LogP) is 14.0. The van der Waals surface area contributed by atoms with Crippen LogP contribution in [-0.4, -0.2) is 19.5 Å². The summed E-state index contributed by atoms with van der Waals surface area (Å²) in [4.78, 5) is 15.4. The average Bonchev–Trinajstić information content (AvgIpc) is 3.97. The maximum absolute atomic E-state index is 5.18. The number of hydrogen-bond acceptors (Lipinski definition) is 3. The molecule has 11 aromatic rings. The van der Waals surface area contributed by atoms with Gasteiger partial charge in [-0.1, -0.05) is 176 Å². The molecule has 2 aromatic heterocycles. The number of aromatic nitrogens is 4. The van der Waals surface area contributed by atoms with Crippen LogP contribution in [0.1, 0.15) is 22.3 Å². The molecular formula is C58H36N4. The zero-order valence-electron chi connectivity index (χ0n) is 33.6. The lowest BCUT2D eigenvalue weighted by Crippen LogP contribution is -2.26. The fourth-order valence-electron chi connectivity index (χ4n) is 10.3. The molecule has 0 aliphatic heterocycles. The molecule has 4 nitrogen and oxygen atoms in total. The van der Waals surface area contributed by atoms with Crippen LogP contribution in [0.3, 0.4) is 0 Å². The highest BCUT2D eigenvalue weighted by molar-refractivity contribution is 6.06. The van der Waals surface area contributed by atoms with Gasteiger partial charge in [0, 0.05) is 39.5 Å². The van der Waals surface area contributed by atoms with Crippen molar-refractivity contribution < 1.29 is 0 Å². The first-order valence-electron chi connectivity index (χ1n) is 21.2. The number of para-hydroxylation sites is 1. The van der Waals surface area contributed by atoms with E-state index in [2.05, 4.69) is 187 Å². The van der Waals surface area contributed by atoms with Gasteiger partial charge in [0.2, 0.25) is 0 Å². The van der Waals surface area contributed by atoms with E-state index in [1.807, 2.05) is 36.4 Å². The lowest BCUT2D eigenvalue weighted by molar-refractivity contribution is 0.794. The van der Waals surface area contributed by atoms with Crippen molar-refractivity contribution in [1.29, 1.82) is 0 Å². The van der Waals surface area contributed by atoms with Crippen LogP contribution < -0.4 is 0 Å². The summed E-state index contributed by atoms with van der Waals surface area (Å²) in [5.41, 5.74) is 17.1. The van der Waals surface area contributed by atoms with Gasteiger partial charge in [-0.05, 0) is 97.2 Å². The van der Waals surface area contributed by atoms with E-state index in [0.29, 0.717) is 17.5 Å². The quantitative estimate of drug-likeness (QED) is 0.174. The Labute approximate surface area is 359 Å². The van der Waals surface area contributed by atoms with Crippen LogP contribution in [0.25, 0.3) is 94.9 Å². The second-order valence-electron chi connectivity index (χ2n) is 16.4. The molecule has 288 valence electrons. The highest BCUT2D eigenvalue weighted by atomic mass is 15.0. The average molecular weight is 789 g/mol. The minimum Gasteiger partial charge on any atom is -0.316 e. The molecule has 2 heterocycles. The van der Waals surface area contributed by atoms with Gasteiger partial charge in [0.15, 0.2) is 17.5 Å². The Hall–Kier alpha value is -8.21. The zero-order chi connectivity index (χ0) is 40.8. The standard InChI is InChI=1S/C58H36N4/c1-4-16-37(17-5-1)55-59-56(38-18-6-2-7-19-38)61-57(60-55)42-29-31-47-46-30-28-41(33-52(46)58(53(47)34-42)50-26-14-12-24-44(50)45-25-13-15-27-51(45)58)49-36-62(43-22-8-3-9-23-43)54-35-40-21-11-10-20-39(40)32-48(49)54/h1-36H. The van der Waals surface area contributed by atoms with Crippen molar-refractivity contribution in [2.45, 2.75) is 5.41 Å². The van der Waals surface area contributed by atoms with Gasteiger partial charge in [-0.15, -0.1) is 0 Å². The summed E-state index contributed by atoms with van der Waals surface area (Å²) in [6.45, 7) is 0. The molecule has 0 unspecified atom stereocenters. The Balaban J connectivity index is 1.07. The van der Waals surface area contributed by atoms with Crippen molar-refractivity contribution >= 4 is 21.7 Å². The van der Waals surface area contributed by atoms with Crippen LogP contribution in [0.4, 0.5) is 0 Å². The van der Waals surface area contributed by atoms with E-state index >= 15 is 0 Å². The van der Waals surface area contributed by atoms with E-state index in [1.165, 1.54) is 77.3 Å². The highest BCUT2D eigenvalue weighted by Gasteiger charge is 2.52. The van der Waals surface area contributed by atoms with Crippen LogP contribution in [0.5, 0.6) is 0 Å². The summed E-state index contributed by atoms with van der Waals surface area (Å²) in [5, 5.41) is 3.68. The van der Waals surface area contributed by atoms with Crippen LogP contribution in [0.2, 0.25) is 0 Å². The smallest absolute Gasteiger partial charge is 0.164 e. The monoisotopic (exact) mass is 788 g/mol. The fraction of sp³-hybridized carbons (Fsp3) is 0.0172. The van der Waals surface area contributed by atoms with Gasteiger partial charge >= 0.3 is 0 Å². The van der Waals surface area contributed by atoms with Gasteiger partial charge in [0.1, 0.15) is 0 Å². The molecule has 1 spiro atoms. The van der Waals surface area contributed by atoms with Gasteiger partial charge in [0.05, 0.1) is 10.9 Å². The van der Waals surface area contributed by atoms with Crippen molar-refractivity contribution in [3.05, 3.63) is 241 Å². The first-order valence-corrected chi connectivity index (χ1v) is 21.2. The Morgan fingerprint density at radius 2 is 0.774 bits per heavy atom. The molecule has 0 saturated carbocycles. The van der Waals surface area contributed by atoms with Crippen molar-refractivity contribution in [2.24, 2.45) is 0 Å². The minimum atomic E-state index is -0.577. The van der Waals surface area contributed by atoms with Crippen LogP contribution >= 0.6 is 0 Å². The molecule has 2 aliphatic carbocycles. The molecular weight excluding hydrogens is 753 g/mol. The first kappa shape index (κ1) is 34.6. The summed E-state index contributed by atoms with van der Waals surface area (Å²) in [6, 6.07) is 76.5. The van der Waals surface area contributed by atoms with Crippen LogP contribution in [0.15, 0.2) is 219 Å². The maximum atomic E-state index is 5.18. The lowest BCUT2D eigenvalue weighted by atomic mass is 9.70. The molecule has 0 bridgehead atoms. The molecule has 0 saturated heterocycles. The fourth-order valence-corrected chi connectivity index (χ4v) is 10.3. The third-order valence-corrected chi connectivity index (χ3v) is 13.1. The number of nitrogens with zero attached hydrogens (tertiary/aromatic N) is 4. The molecule has 0 N–H and O–H groups in total. The lowest BCUT2D eigenvalue weighted by Gasteiger charge is -2.31. The SMILES string of the molecule is c1ccc(-c2nc(-c3ccccc3)nc(-c3ccc4c(c3)C3(c5ccccc5-c5ccccc53)c3cc(-c5cn(-c6ccccc6)c6cc7ccccc7cc56)ccc3-4)n2)cc1. The van der Waals surface area contributed by atoms with Gasteiger partial charge in [-0.2, -0.15) is 0 Å². The van der Waals surface area contributed by atoms with Crippen molar-refractivity contribution in [2.75, 3.05) is 0 Å². The molecule has 0 radical (unpaired) electrons. The van der Waals surface area contributed by atoms with E-state index in [9.17, 15) is 0 Å². The Bertz CT molecular complexity index is 3470. The first-order chi connectivity index (χ1) is 30.7. The molecule has 2 aliphatic rings. The molecule has 0 fully saturated rings. The highest BCUT2D eigenvalue weighted by Crippen LogP contribution is 2.63. The molecule has 4 heteroatoms. The summed E-state index contributed by atoms with van der Waals surface area (Å²) in [5.74, 6) is 1.95. The number of benzene rings is 9. The van der Waals surface area contributed by atoms with Crippen LogP contribution in [-0.2, 0) is 5.41 Å². The molecule has 0 atom stereocenters.